The molecule has 1 fully saturated rings. The molecule has 2 heteroatoms. The van der Waals surface area contributed by atoms with Crippen LogP contribution in [0.5, 0.6) is 0 Å². The molecule has 1 aromatic rings. The van der Waals surface area contributed by atoms with Crippen molar-refractivity contribution >= 4 is 5.69 Å². The van der Waals surface area contributed by atoms with Gasteiger partial charge >= 0.3 is 0 Å². The van der Waals surface area contributed by atoms with E-state index in [4.69, 9.17) is 5.26 Å². The summed E-state index contributed by atoms with van der Waals surface area (Å²) in [5, 5.41) is 8.76. The largest absolute Gasteiger partial charge is 0.368 e. The van der Waals surface area contributed by atoms with Crippen LogP contribution in [0.1, 0.15) is 32.8 Å². The first-order valence-electron chi connectivity index (χ1n) is 5.79. The summed E-state index contributed by atoms with van der Waals surface area (Å²) in [6, 6.07) is 10.7. The van der Waals surface area contributed by atoms with Crippen molar-refractivity contribution in [2.45, 2.75) is 33.2 Å². The van der Waals surface area contributed by atoms with Crippen LogP contribution in [-0.2, 0) is 0 Å². The molecule has 0 bridgehead atoms. The van der Waals surface area contributed by atoms with Gasteiger partial charge in [-0.15, -0.1) is 0 Å². The Kier molecular flexibility index (Phi) is 2.63. The lowest BCUT2D eigenvalue weighted by Crippen LogP contribution is -2.54. The SMILES string of the molecule is CC(C)(C)C1CCN1c1ccc(C#N)cc1. The van der Waals surface area contributed by atoms with Crippen LogP contribution in [0.25, 0.3) is 0 Å². The molecule has 1 aliphatic rings. The van der Waals surface area contributed by atoms with E-state index in [-0.39, 0.29) is 0 Å². The van der Waals surface area contributed by atoms with Gasteiger partial charge in [0.25, 0.3) is 0 Å². The third kappa shape index (κ3) is 1.90. The predicted molar refractivity (Wildman–Crippen MR) is 66.4 cm³/mol. The van der Waals surface area contributed by atoms with Gasteiger partial charge in [-0.1, -0.05) is 20.8 Å². The predicted octanol–water partition coefficient (Wildman–Crippen LogP) is 3.18. The molecule has 0 aliphatic carbocycles. The quantitative estimate of drug-likeness (QED) is 0.718. The fraction of sp³-hybridized carbons (Fsp3) is 0.500. The Morgan fingerprint density at radius 2 is 1.88 bits per heavy atom. The zero-order valence-electron chi connectivity index (χ0n) is 10.2. The number of benzene rings is 1. The molecule has 1 saturated heterocycles. The van der Waals surface area contributed by atoms with Crippen molar-refractivity contribution in [3.8, 4) is 6.07 Å². The van der Waals surface area contributed by atoms with Crippen LogP contribution in [0, 0.1) is 16.7 Å². The molecule has 84 valence electrons. The Bertz CT molecular complexity index is 406. The van der Waals surface area contributed by atoms with E-state index in [0.29, 0.717) is 11.5 Å². The third-order valence-electron chi connectivity index (χ3n) is 3.35. The second-order valence-electron chi connectivity index (χ2n) is 5.52. The molecule has 1 unspecified atom stereocenters. The van der Waals surface area contributed by atoms with Crippen molar-refractivity contribution in [2.75, 3.05) is 11.4 Å². The number of nitrogens with zero attached hydrogens (tertiary/aromatic N) is 2. The van der Waals surface area contributed by atoms with E-state index in [1.165, 1.54) is 12.1 Å². The second-order valence-corrected chi connectivity index (χ2v) is 5.52. The van der Waals surface area contributed by atoms with E-state index >= 15 is 0 Å². The van der Waals surface area contributed by atoms with Crippen LogP contribution in [0.3, 0.4) is 0 Å². The molecule has 1 aromatic carbocycles. The number of hydrogen-bond acceptors (Lipinski definition) is 2. The normalized spacial score (nSPS) is 20.1. The molecule has 1 heterocycles. The van der Waals surface area contributed by atoms with E-state index in [9.17, 15) is 0 Å². The summed E-state index contributed by atoms with van der Waals surface area (Å²) < 4.78 is 0. The lowest BCUT2D eigenvalue weighted by molar-refractivity contribution is 0.238. The number of nitriles is 1. The third-order valence-corrected chi connectivity index (χ3v) is 3.35. The Labute approximate surface area is 97.5 Å². The minimum absolute atomic E-state index is 0.326. The molecular weight excluding hydrogens is 196 g/mol. The maximum atomic E-state index is 8.76. The first-order valence-corrected chi connectivity index (χ1v) is 5.79. The first-order chi connectivity index (χ1) is 7.52. The van der Waals surface area contributed by atoms with Gasteiger partial charge in [-0.05, 0) is 36.1 Å². The second kappa shape index (κ2) is 3.83. The van der Waals surface area contributed by atoms with Gasteiger partial charge in [-0.25, -0.2) is 0 Å². The number of anilines is 1. The zero-order chi connectivity index (χ0) is 11.8. The summed E-state index contributed by atoms with van der Waals surface area (Å²) in [4.78, 5) is 2.43. The Morgan fingerprint density at radius 1 is 1.25 bits per heavy atom. The average molecular weight is 214 g/mol. The Hall–Kier alpha value is -1.49. The maximum Gasteiger partial charge on any atom is 0.0991 e. The average Bonchev–Trinajstić information content (AvgIpc) is 2.14. The minimum Gasteiger partial charge on any atom is -0.368 e. The lowest BCUT2D eigenvalue weighted by atomic mass is 9.79. The van der Waals surface area contributed by atoms with Crippen molar-refractivity contribution in [2.24, 2.45) is 5.41 Å². The van der Waals surface area contributed by atoms with Crippen molar-refractivity contribution in [3.63, 3.8) is 0 Å². The van der Waals surface area contributed by atoms with Gasteiger partial charge in [-0.3, -0.25) is 0 Å². The van der Waals surface area contributed by atoms with Crippen LogP contribution < -0.4 is 4.90 Å². The van der Waals surface area contributed by atoms with Crippen LogP contribution in [0.15, 0.2) is 24.3 Å². The lowest BCUT2D eigenvalue weighted by Gasteiger charge is -2.50. The molecule has 2 rings (SSSR count). The summed E-state index contributed by atoms with van der Waals surface area (Å²) >= 11 is 0. The van der Waals surface area contributed by atoms with E-state index in [0.717, 1.165) is 12.1 Å². The molecule has 1 atom stereocenters. The van der Waals surface area contributed by atoms with E-state index in [2.05, 4.69) is 43.9 Å². The van der Waals surface area contributed by atoms with Crippen LogP contribution in [0.2, 0.25) is 0 Å². The summed E-state index contributed by atoms with van der Waals surface area (Å²) in [6.07, 6.45) is 1.27. The molecule has 0 N–H and O–H groups in total. The Morgan fingerprint density at radius 3 is 2.25 bits per heavy atom. The van der Waals surface area contributed by atoms with Gasteiger partial charge in [0, 0.05) is 18.3 Å². The van der Waals surface area contributed by atoms with Crippen LogP contribution in [0.4, 0.5) is 5.69 Å². The van der Waals surface area contributed by atoms with Crippen molar-refractivity contribution in [1.82, 2.24) is 0 Å². The summed E-state index contributed by atoms with van der Waals surface area (Å²) in [7, 11) is 0. The molecule has 0 radical (unpaired) electrons. The van der Waals surface area contributed by atoms with Crippen molar-refractivity contribution < 1.29 is 0 Å². The van der Waals surface area contributed by atoms with Crippen molar-refractivity contribution in [1.29, 1.82) is 5.26 Å². The Balaban J connectivity index is 2.17. The zero-order valence-corrected chi connectivity index (χ0v) is 10.2. The fourth-order valence-corrected chi connectivity index (χ4v) is 2.32. The molecule has 0 spiro atoms. The van der Waals surface area contributed by atoms with E-state index in [1.54, 1.807) is 0 Å². The van der Waals surface area contributed by atoms with Gasteiger partial charge in [-0.2, -0.15) is 5.26 Å². The van der Waals surface area contributed by atoms with Gasteiger partial charge in [0.05, 0.1) is 11.6 Å². The molecular formula is C14H18N2. The molecule has 16 heavy (non-hydrogen) atoms. The fourth-order valence-electron chi connectivity index (χ4n) is 2.32. The highest BCUT2D eigenvalue weighted by Gasteiger charge is 2.37. The minimum atomic E-state index is 0.326. The summed E-state index contributed by atoms with van der Waals surface area (Å²) in [5.41, 5.74) is 2.30. The molecule has 0 aromatic heterocycles. The highest BCUT2D eigenvalue weighted by molar-refractivity contribution is 5.52. The van der Waals surface area contributed by atoms with E-state index in [1.807, 2.05) is 12.1 Å². The number of hydrogen-bond donors (Lipinski definition) is 0. The number of rotatable bonds is 1. The highest BCUT2D eigenvalue weighted by atomic mass is 15.2. The standard InChI is InChI=1S/C14H18N2/c1-14(2,3)13-8-9-16(13)12-6-4-11(10-15)5-7-12/h4-7,13H,8-9H2,1-3H3. The monoisotopic (exact) mass is 214 g/mol. The summed E-state index contributed by atoms with van der Waals surface area (Å²) in [5.74, 6) is 0. The summed E-state index contributed by atoms with van der Waals surface area (Å²) in [6.45, 7) is 7.99. The maximum absolute atomic E-state index is 8.76. The first kappa shape index (κ1) is 11.0. The van der Waals surface area contributed by atoms with Gasteiger partial charge < -0.3 is 4.90 Å². The van der Waals surface area contributed by atoms with E-state index < -0.39 is 0 Å². The van der Waals surface area contributed by atoms with Crippen LogP contribution in [-0.4, -0.2) is 12.6 Å². The molecule has 0 amide bonds. The smallest absolute Gasteiger partial charge is 0.0991 e. The molecule has 2 nitrogen and oxygen atoms in total. The molecule has 0 saturated carbocycles. The van der Waals surface area contributed by atoms with Crippen molar-refractivity contribution in [3.05, 3.63) is 29.8 Å². The topological polar surface area (TPSA) is 27.0 Å². The van der Waals surface area contributed by atoms with Gasteiger partial charge in [0.2, 0.25) is 0 Å². The van der Waals surface area contributed by atoms with Gasteiger partial charge in [0.15, 0.2) is 0 Å². The van der Waals surface area contributed by atoms with Crippen LogP contribution >= 0.6 is 0 Å². The molecule has 1 aliphatic heterocycles. The van der Waals surface area contributed by atoms with Gasteiger partial charge in [0.1, 0.15) is 0 Å². The highest BCUT2D eigenvalue weighted by Crippen LogP contribution is 2.37.